The Kier molecular flexibility index (Phi) is 3.75. The third kappa shape index (κ3) is 2.64. The number of carbonyl (C=O) groups excluding carboxylic acids is 2. The summed E-state index contributed by atoms with van der Waals surface area (Å²) in [5.41, 5.74) is 5.55. The van der Waals surface area contributed by atoms with Crippen LogP contribution >= 0.6 is 11.5 Å². The third-order valence-corrected chi connectivity index (χ3v) is 3.96. The highest BCUT2D eigenvalue weighted by atomic mass is 32.1. The van der Waals surface area contributed by atoms with Crippen LogP contribution in [-0.2, 0) is 9.59 Å². The largest absolute Gasteiger partial charge is 0.550 e. The number of nitrogen functional groups attached to an aromatic ring is 1. The van der Waals surface area contributed by atoms with E-state index >= 15 is 0 Å². The minimum absolute atomic E-state index is 0.271. The van der Waals surface area contributed by atoms with E-state index in [0.717, 1.165) is 15.5 Å². The molecule has 106 valence electrons. The van der Waals surface area contributed by atoms with Gasteiger partial charge in [-0.2, -0.15) is 0 Å². The molecule has 0 aliphatic heterocycles. The smallest absolute Gasteiger partial charge is 0.269 e. The first kappa shape index (κ1) is 14.1. The van der Waals surface area contributed by atoms with Gasteiger partial charge in [0.25, 0.3) is 5.56 Å². The van der Waals surface area contributed by atoms with Crippen molar-refractivity contribution in [3.05, 3.63) is 28.6 Å². The Labute approximate surface area is 117 Å². The molecule has 1 aromatic heterocycles. The molecule has 1 heterocycles. The number of aromatic nitrogens is 1. The number of aliphatic carboxylic acids is 2. The van der Waals surface area contributed by atoms with Gasteiger partial charge in [-0.25, -0.2) is 0 Å². The average Bonchev–Trinajstić information content (AvgIpc) is 2.66. The summed E-state index contributed by atoms with van der Waals surface area (Å²) in [6, 6.07) is 3.27. The molecule has 2 rings (SSSR count). The molecule has 0 radical (unpaired) electrons. The van der Waals surface area contributed by atoms with Gasteiger partial charge in [-0.3, -0.25) is 8.75 Å². The molecule has 0 saturated heterocycles. The van der Waals surface area contributed by atoms with Crippen molar-refractivity contribution in [3.8, 4) is 0 Å². The van der Waals surface area contributed by atoms with Crippen molar-refractivity contribution in [2.45, 2.75) is 18.9 Å². The van der Waals surface area contributed by atoms with Gasteiger partial charge in [0.05, 0.1) is 22.1 Å². The molecule has 0 fully saturated rings. The van der Waals surface area contributed by atoms with Crippen LogP contribution in [0, 0.1) is 0 Å². The molecule has 2 N–H and O–H groups in total. The van der Waals surface area contributed by atoms with Gasteiger partial charge in [0.15, 0.2) is 0 Å². The van der Waals surface area contributed by atoms with Crippen LogP contribution in [0.15, 0.2) is 23.0 Å². The zero-order valence-corrected chi connectivity index (χ0v) is 11.0. The van der Waals surface area contributed by atoms with E-state index in [2.05, 4.69) is 0 Å². The van der Waals surface area contributed by atoms with Gasteiger partial charge in [0, 0.05) is 11.7 Å². The van der Waals surface area contributed by atoms with Gasteiger partial charge in [-0.1, -0.05) is 11.5 Å². The molecule has 0 spiro atoms. The monoisotopic (exact) mass is 294 g/mol. The lowest BCUT2D eigenvalue weighted by Gasteiger charge is -2.18. The second-order valence-corrected chi connectivity index (χ2v) is 5.24. The molecular weight excluding hydrogens is 284 g/mol. The molecule has 7 nitrogen and oxygen atoms in total. The number of fused-ring (bicyclic) bond motifs is 1. The van der Waals surface area contributed by atoms with Crippen molar-refractivity contribution in [2.24, 2.45) is 0 Å². The zero-order chi connectivity index (χ0) is 14.9. The molecule has 0 aliphatic carbocycles. The van der Waals surface area contributed by atoms with Crippen molar-refractivity contribution in [2.75, 3.05) is 5.73 Å². The van der Waals surface area contributed by atoms with E-state index < -0.39 is 30.0 Å². The summed E-state index contributed by atoms with van der Waals surface area (Å²) in [6.07, 6.45) is -0.742. The molecule has 2 aromatic rings. The summed E-state index contributed by atoms with van der Waals surface area (Å²) in [6.45, 7) is 0. The molecular formula is C12H10N2O5S-2. The molecule has 8 heteroatoms. The Morgan fingerprint density at radius 3 is 2.65 bits per heavy atom. The predicted molar refractivity (Wildman–Crippen MR) is 68.8 cm³/mol. The summed E-state index contributed by atoms with van der Waals surface area (Å²) in [4.78, 5) is 33.6. The van der Waals surface area contributed by atoms with Crippen molar-refractivity contribution < 1.29 is 19.8 Å². The first-order valence-corrected chi connectivity index (χ1v) is 6.49. The fourth-order valence-electron chi connectivity index (χ4n) is 1.85. The van der Waals surface area contributed by atoms with Gasteiger partial charge >= 0.3 is 0 Å². The fraction of sp³-hybridized carbons (Fsp3) is 0.250. The maximum absolute atomic E-state index is 12.1. The lowest BCUT2D eigenvalue weighted by molar-refractivity contribution is -0.311. The number of rotatable bonds is 5. The Bertz CT molecular complexity index is 733. The molecule has 0 unspecified atom stereocenters. The van der Waals surface area contributed by atoms with Gasteiger partial charge in [0.2, 0.25) is 0 Å². The highest BCUT2D eigenvalue weighted by molar-refractivity contribution is 7.14. The summed E-state index contributed by atoms with van der Waals surface area (Å²) in [5, 5.41) is 21.9. The van der Waals surface area contributed by atoms with E-state index in [9.17, 15) is 24.6 Å². The topological polar surface area (TPSA) is 128 Å². The van der Waals surface area contributed by atoms with Crippen LogP contribution in [-0.4, -0.2) is 15.9 Å². The highest BCUT2D eigenvalue weighted by Crippen LogP contribution is 2.24. The summed E-state index contributed by atoms with van der Waals surface area (Å²) < 4.78 is 1.54. The van der Waals surface area contributed by atoms with Crippen LogP contribution < -0.4 is 21.5 Å². The van der Waals surface area contributed by atoms with Crippen molar-refractivity contribution >= 4 is 39.2 Å². The summed E-state index contributed by atoms with van der Waals surface area (Å²) in [7, 11) is 0. The molecule has 1 aromatic carbocycles. The number of hydrogen-bond acceptors (Lipinski definition) is 7. The second kappa shape index (κ2) is 5.33. The van der Waals surface area contributed by atoms with Gasteiger partial charge in [-0.05, 0) is 31.0 Å². The number of carboxylic acids is 2. The fourth-order valence-corrected chi connectivity index (χ4v) is 3.00. The zero-order valence-electron chi connectivity index (χ0n) is 10.2. The second-order valence-electron chi connectivity index (χ2n) is 4.22. The van der Waals surface area contributed by atoms with Crippen LogP contribution in [0.5, 0.6) is 0 Å². The van der Waals surface area contributed by atoms with E-state index in [1.54, 1.807) is 6.07 Å². The Balaban J connectivity index is 2.48. The Hall–Kier alpha value is -2.35. The van der Waals surface area contributed by atoms with E-state index in [-0.39, 0.29) is 6.42 Å². The van der Waals surface area contributed by atoms with Crippen LogP contribution in [0.1, 0.15) is 18.9 Å². The number of carbonyl (C=O) groups is 2. The normalized spacial score (nSPS) is 12.4. The van der Waals surface area contributed by atoms with Crippen molar-refractivity contribution in [1.29, 1.82) is 0 Å². The summed E-state index contributed by atoms with van der Waals surface area (Å²) in [5.74, 6) is -2.89. The number of nitrogens with zero attached hydrogens (tertiary/aromatic N) is 1. The molecule has 0 saturated carbocycles. The molecule has 0 aliphatic rings. The van der Waals surface area contributed by atoms with Crippen molar-refractivity contribution in [3.63, 3.8) is 0 Å². The molecule has 20 heavy (non-hydrogen) atoms. The Morgan fingerprint density at radius 2 is 2.05 bits per heavy atom. The van der Waals surface area contributed by atoms with E-state index in [4.69, 9.17) is 5.73 Å². The maximum Gasteiger partial charge on any atom is 0.269 e. The third-order valence-electron chi connectivity index (χ3n) is 2.81. The van der Waals surface area contributed by atoms with Gasteiger partial charge in [-0.15, -0.1) is 0 Å². The molecule has 1 atom stereocenters. The van der Waals surface area contributed by atoms with Gasteiger partial charge in [0.1, 0.15) is 0 Å². The SMILES string of the molecule is Nc1ccc2c(=O)n([C@@H](CCC(=O)[O-])C(=O)[O-])sc2c1. The van der Waals surface area contributed by atoms with Crippen LogP contribution in [0.2, 0.25) is 0 Å². The predicted octanol–water partition coefficient (Wildman–Crippen LogP) is -1.53. The van der Waals surface area contributed by atoms with Crippen LogP contribution in [0.3, 0.4) is 0 Å². The highest BCUT2D eigenvalue weighted by Gasteiger charge is 2.18. The van der Waals surface area contributed by atoms with E-state index in [0.29, 0.717) is 15.8 Å². The number of benzene rings is 1. The standard InChI is InChI=1S/C12H12N2O5S/c13-6-1-2-7-9(5-6)20-14(11(7)17)8(12(18)19)3-4-10(15)16/h1-2,5,8H,3-4,13H2,(H,15,16)(H,18,19)/p-2/t8-/m0/s1. The number of carboxylic acid groups (broad SMARTS) is 2. The molecule has 0 bridgehead atoms. The summed E-state index contributed by atoms with van der Waals surface area (Å²) >= 11 is 0.916. The minimum Gasteiger partial charge on any atom is -0.550 e. The lowest BCUT2D eigenvalue weighted by atomic mass is 10.1. The van der Waals surface area contributed by atoms with Crippen LogP contribution in [0.25, 0.3) is 10.1 Å². The average molecular weight is 294 g/mol. The van der Waals surface area contributed by atoms with E-state index in [1.165, 1.54) is 12.1 Å². The van der Waals surface area contributed by atoms with E-state index in [1.807, 2.05) is 0 Å². The van der Waals surface area contributed by atoms with Crippen LogP contribution in [0.4, 0.5) is 5.69 Å². The number of hydrogen-bond donors (Lipinski definition) is 1. The number of anilines is 1. The molecule has 0 amide bonds. The quantitative estimate of drug-likeness (QED) is 0.666. The first-order valence-electron chi connectivity index (χ1n) is 5.72. The maximum atomic E-state index is 12.1. The number of nitrogens with two attached hydrogens (primary N) is 1. The minimum atomic E-state index is -1.51. The Morgan fingerprint density at radius 1 is 1.35 bits per heavy atom. The van der Waals surface area contributed by atoms with Crippen molar-refractivity contribution in [1.82, 2.24) is 3.96 Å². The van der Waals surface area contributed by atoms with Gasteiger partial charge < -0.3 is 25.5 Å². The lowest BCUT2D eigenvalue weighted by Crippen LogP contribution is -2.37. The first-order chi connectivity index (χ1) is 9.40.